The van der Waals surface area contributed by atoms with Crippen LogP contribution in [0.5, 0.6) is 0 Å². The van der Waals surface area contributed by atoms with Crippen molar-refractivity contribution in [3.05, 3.63) is 34.9 Å². The van der Waals surface area contributed by atoms with E-state index in [0.29, 0.717) is 44.1 Å². The van der Waals surface area contributed by atoms with E-state index in [-0.39, 0.29) is 23.3 Å². The number of benzene rings is 1. The zero-order valence-corrected chi connectivity index (χ0v) is 15.9. The molecule has 1 aliphatic rings. The van der Waals surface area contributed by atoms with Gasteiger partial charge in [-0.25, -0.2) is 4.79 Å². The third-order valence-corrected chi connectivity index (χ3v) is 5.02. The fraction of sp³-hybridized carbons (Fsp3) is 0.579. The summed E-state index contributed by atoms with van der Waals surface area (Å²) in [5.74, 6) is -0.244. The zero-order chi connectivity index (χ0) is 18.4. The van der Waals surface area contributed by atoms with Gasteiger partial charge in [-0.2, -0.15) is 0 Å². The first-order chi connectivity index (χ1) is 11.8. The van der Waals surface area contributed by atoms with Crippen molar-refractivity contribution < 1.29 is 14.3 Å². The third-order valence-electron chi connectivity index (χ3n) is 4.69. The highest BCUT2D eigenvalue weighted by Crippen LogP contribution is 2.29. The summed E-state index contributed by atoms with van der Waals surface area (Å²) in [4.78, 5) is 26.0. The minimum absolute atomic E-state index is 0.0939. The number of carbonyl (C=O) groups is 2. The zero-order valence-electron chi connectivity index (χ0n) is 15.2. The van der Waals surface area contributed by atoms with Gasteiger partial charge in [-0.3, -0.25) is 4.79 Å². The molecule has 5 nitrogen and oxygen atoms in total. The molecular weight excluding hydrogens is 340 g/mol. The lowest BCUT2D eigenvalue weighted by Crippen LogP contribution is -2.48. The number of hydrogen-bond donors (Lipinski definition) is 1. The Hall–Kier alpha value is -1.75. The summed E-state index contributed by atoms with van der Waals surface area (Å²) >= 11 is 6.28. The first kappa shape index (κ1) is 19.6. The Morgan fingerprint density at radius 3 is 2.52 bits per heavy atom. The smallest absolute Gasteiger partial charge is 0.317 e. The fourth-order valence-corrected chi connectivity index (χ4v) is 3.48. The topological polar surface area (TPSA) is 58.6 Å². The lowest BCUT2D eigenvalue weighted by molar-refractivity contribution is -0.149. The van der Waals surface area contributed by atoms with E-state index in [9.17, 15) is 9.59 Å². The van der Waals surface area contributed by atoms with E-state index in [0.717, 1.165) is 5.56 Å². The molecule has 1 aromatic rings. The highest BCUT2D eigenvalue weighted by Gasteiger charge is 2.29. The number of esters is 1. The van der Waals surface area contributed by atoms with Crippen molar-refractivity contribution in [1.29, 1.82) is 0 Å². The Kier molecular flexibility index (Phi) is 6.71. The Morgan fingerprint density at radius 2 is 1.92 bits per heavy atom. The maximum Gasteiger partial charge on any atom is 0.317 e. The van der Waals surface area contributed by atoms with Crippen LogP contribution in [0.25, 0.3) is 0 Å². The van der Waals surface area contributed by atoms with Crippen molar-refractivity contribution in [2.24, 2.45) is 5.92 Å². The van der Waals surface area contributed by atoms with E-state index in [1.54, 1.807) is 11.8 Å². The Labute approximate surface area is 154 Å². The summed E-state index contributed by atoms with van der Waals surface area (Å²) in [6.07, 6.45) is 1.31. The lowest BCUT2D eigenvalue weighted by atomic mass is 9.84. The predicted molar refractivity (Wildman–Crippen MR) is 98.8 cm³/mol. The van der Waals surface area contributed by atoms with Crippen LogP contribution in [-0.2, 0) is 14.9 Å². The summed E-state index contributed by atoms with van der Waals surface area (Å²) in [5, 5.41) is 3.71. The number of urea groups is 1. The van der Waals surface area contributed by atoms with Crippen molar-refractivity contribution in [3.8, 4) is 0 Å². The molecule has 0 atom stereocenters. The highest BCUT2D eigenvalue weighted by molar-refractivity contribution is 6.31. The minimum Gasteiger partial charge on any atom is -0.466 e. The number of carbonyl (C=O) groups excluding carboxylic acids is 2. The van der Waals surface area contributed by atoms with Crippen molar-refractivity contribution >= 4 is 23.6 Å². The molecule has 0 saturated carbocycles. The molecule has 0 aliphatic carbocycles. The molecule has 0 radical (unpaired) electrons. The molecule has 0 unspecified atom stereocenters. The Bertz CT molecular complexity index is 610. The van der Waals surface area contributed by atoms with Gasteiger partial charge in [-0.15, -0.1) is 0 Å². The fourth-order valence-electron chi connectivity index (χ4n) is 3.09. The van der Waals surface area contributed by atoms with Crippen molar-refractivity contribution in [2.75, 3.05) is 26.2 Å². The molecule has 138 valence electrons. The molecule has 2 rings (SSSR count). The third kappa shape index (κ3) is 5.11. The lowest BCUT2D eigenvalue weighted by Gasteiger charge is -2.33. The molecule has 1 saturated heterocycles. The van der Waals surface area contributed by atoms with Crippen LogP contribution in [0.4, 0.5) is 4.79 Å². The highest BCUT2D eigenvalue weighted by atomic mass is 35.5. The second-order valence-corrected chi connectivity index (χ2v) is 7.44. The van der Waals surface area contributed by atoms with Crippen LogP contribution >= 0.6 is 11.6 Å². The van der Waals surface area contributed by atoms with Crippen LogP contribution in [0, 0.1) is 5.92 Å². The number of ether oxygens (including phenoxy) is 1. The van der Waals surface area contributed by atoms with Crippen LogP contribution in [0.15, 0.2) is 24.3 Å². The van der Waals surface area contributed by atoms with Gasteiger partial charge in [0.15, 0.2) is 0 Å². The minimum atomic E-state index is -0.267. The normalized spacial score (nSPS) is 15.8. The van der Waals surface area contributed by atoms with Gasteiger partial charge in [0.25, 0.3) is 0 Å². The molecule has 25 heavy (non-hydrogen) atoms. The number of nitrogens with zero attached hydrogens (tertiary/aromatic N) is 1. The molecule has 0 bridgehead atoms. The van der Waals surface area contributed by atoms with Crippen molar-refractivity contribution in [1.82, 2.24) is 10.2 Å². The average Bonchev–Trinajstić information content (AvgIpc) is 2.60. The summed E-state index contributed by atoms with van der Waals surface area (Å²) in [6, 6.07) is 7.60. The Morgan fingerprint density at radius 1 is 1.28 bits per heavy atom. The second-order valence-electron chi connectivity index (χ2n) is 7.04. The van der Waals surface area contributed by atoms with Crippen LogP contribution in [0.1, 0.15) is 39.2 Å². The SMILES string of the molecule is CCOC(=O)C1CCN(C(=O)NCC(C)(C)c2ccccc2Cl)CC1. The summed E-state index contributed by atoms with van der Waals surface area (Å²) in [6.45, 7) is 7.96. The van der Waals surface area contributed by atoms with Crippen molar-refractivity contribution in [3.63, 3.8) is 0 Å². The van der Waals surface area contributed by atoms with Crippen LogP contribution < -0.4 is 5.32 Å². The predicted octanol–water partition coefficient (Wildman–Crippen LogP) is 3.60. The van der Waals surface area contributed by atoms with E-state index in [4.69, 9.17) is 16.3 Å². The molecule has 1 aliphatic heterocycles. The first-order valence-electron chi connectivity index (χ1n) is 8.79. The van der Waals surface area contributed by atoms with Gasteiger partial charge in [-0.05, 0) is 31.4 Å². The van der Waals surface area contributed by atoms with Gasteiger partial charge >= 0.3 is 12.0 Å². The Balaban J connectivity index is 1.85. The van der Waals surface area contributed by atoms with Gasteiger partial charge < -0.3 is 15.0 Å². The molecule has 0 spiro atoms. The maximum absolute atomic E-state index is 12.4. The molecule has 1 N–H and O–H groups in total. The van der Waals surface area contributed by atoms with Gasteiger partial charge in [0, 0.05) is 30.1 Å². The monoisotopic (exact) mass is 366 g/mol. The van der Waals surface area contributed by atoms with Gasteiger partial charge in [-0.1, -0.05) is 43.6 Å². The van der Waals surface area contributed by atoms with Gasteiger partial charge in [0.2, 0.25) is 0 Å². The second kappa shape index (κ2) is 8.56. The molecule has 1 heterocycles. The number of amides is 2. The van der Waals surface area contributed by atoms with E-state index in [1.807, 2.05) is 24.3 Å². The number of piperidine rings is 1. The molecule has 1 aromatic carbocycles. The number of likely N-dealkylation sites (tertiary alicyclic amines) is 1. The number of halogens is 1. The van der Waals surface area contributed by atoms with Crippen molar-refractivity contribution in [2.45, 2.75) is 39.0 Å². The molecule has 1 fully saturated rings. The molecular formula is C19H27ClN2O3. The van der Waals surface area contributed by atoms with Gasteiger partial charge in [0.1, 0.15) is 0 Å². The molecule has 6 heteroatoms. The van der Waals surface area contributed by atoms with Crippen LogP contribution in [0.3, 0.4) is 0 Å². The van der Waals surface area contributed by atoms with E-state index in [1.165, 1.54) is 0 Å². The summed E-state index contributed by atoms with van der Waals surface area (Å²) in [5.41, 5.74) is 0.745. The largest absolute Gasteiger partial charge is 0.466 e. The molecule has 2 amide bonds. The number of nitrogens with one attached hydrogen (secondary N) is 1. The van der Waals surface area contributed by atoms with E-state index in [2.05, 4.69) is 19.2 Å². The van der Waals surface area contributed by atoms with Gasteiger partial charge in [0.05, 0.1) is 12.5 Å². The first-order valence-corrected chi connectivity index (χ1v) is 9.17. The quantitative estimate of drug-likeness (QED) is 0.810. The van der Waals surface area contributed by atoms with Crippen LogP contribution in [0.2, 0.25) is 5.02 Å². The van der Waals surface area contributed by atoms with E-state index < -0.39 is 0 Å². The number of hydrogen-bond acceptors (Lipinski definition) is 3. The summed E-state index contributed by atoms with van der Waals surface area (Å²) in [7, 11) is 0. The summed E-state index contributed by atoms with van der Waals surface area (Å²) < 4.78 is 5.06. The average molecular weight is 367 g/mol. The van der Waals surface area contributed by atoms with Crippen LogP contribution in [-0.4, -0.2) is 43.1 Å². The maximum atomic E-state index is 12.4. The number of rotatable bonds is 5. The molecule has 0 aromatic heterocycles. The van der Waals surface area contributed by atoms with E-state index >= 15 is 0 Å². The standard InChI is InChI=1S/C19H27ClN2O3/c1-4-25-17(23)14-9-11-22(12-10-14)18(24)21-13-19(2,3)15-7-5-6-8-16(15)20/h5-8,14H,4,9-13H2,1-3H3,(H,21,24).